The zero-order valence-electron chi connectivity index (χ0n) is 15.9. The van der Waals surface area contributed by atoms with E-state index in [1.165, 1.54) is 11.8 Å². The van der Waals surface area contributed by atoms with Crippen molar-refractivity contribution in [2.24, 2.45) is 5.92 Å². The van der Waals surface area contributed by atoms with E-state index in [4.69, 9.17) is 9.15 Å². The van der Waals surface area contributed by atoms with E-state index in [2.05, 4.69) is 17.0 Å². The summed E-state index contributed by atoms with van der Waals surface area (Å²) in [6.07, 6.45) is 3.62. The summed E-state index contributed by atoms with van der Waals surface area (Å²) in [6.45, 7) is 2.72. The Hall–Kier alpha value is -2.60. The number of benzene rings is 1. The molecular formula is C22H24N2O4. The summed E-state index contributed by atoms with van der Waals surface area (Å²) in [7, 11) is 1.66. The summed E-state index contributed by atoms with van der Waals surface area (Å²) in [4.78, 5) is 30.2. The number of nitrogens with zero attached hydrogens (tertiary/aromatic N) is 2. The van der Waals surface area contributed by atoms with Crippen molar-refractivity contribution < 1.29 is 18.7 Å². The molecule has 4 saturated heterocycles. The number of carbonyl (C=O) groups excluding carboxylic acids is 2. The van der Waals surface area contributed by atoms with E-state index in [9.17, 15) is 9.59 Å². The number of likely N-dealkylation sites (tertiary alicyclic amines) is 1. The number of furan rings is 1. The first kappa shape index (κ1) is 17.5. The molecular weight excluding hydrogens is 356 g/mol. The van der Waals surface area contributed by atoms with Crippen molar-refractivity contribution in [3.63, 3.8) is 0 Å². The van der Waals surface area contributed by atoms with Crippen LogP contribution >= 0.6 is 0 Å². The van der Waals surface area contributed by atoms with Crippen molar-refractivity contribution in [3.05, 3.63) is 54.0 Å². The van der Waals surface area contributed by atoms with Gasteiger partial charge in [-0.1, -0.05) is 12.1 Å². The van der Waals surface area contributed by atoms with Crippen LogP contribution in [0.5, 0.6) is 5.75 Å². The average Bonchev–Trinajstić information content (AvgIpc) is 3.43. The third kappa shape index (κ3) is 2.66. The minimum atomic E-state index is -0.546. The summed E-state index contributed by atoms with van der Waals surface area (Å²) in [5, 5.41) is 0. The highest BCUT2D eigenvalue weighted by molar-refractivity contribution is 6.42. The third-order valence-corrected chi connectivity index (χ3v) is 6.74. The van der Waals surface area contributed by atoms with Crippen LogP contribution in [0.15, 0.2) is 47.1 Å². The lowest BCUT2D eigenvalue weighted by molar-refractivity contribution is -0.131. The first-order valence-electron chi connectivity index (χ1n) is 9.94. The van der Waals surface area contributed by atoms with Gasteiger partial charge in [-0.25, -0.2) is 0 Å². The van der Waals surface area contributed by atoms with Crippen molar-refractivity contribution in [2.75, 3.05) is 26.7 Å². The first-order valence-corrected chi connectivity index (χ1v) is 9.94. The van der Waals surface area contributed by atoms with Crippen LogP contribution in [-0.2, 0) is 4.79 Å². The van der Waals surface area contributed by atoms with Crippen LogP contribution in [0.25, 0.3) is 0 Å². The molecule has 2 aromatic rings. The molecule has 0 saturated carbocycles. The van der Waals surface area contributed by atoms with Gasteiger partial charge in [0.25, 0.3) is 11.7 Å². The number of amides is 1. The molecule has 1 aromatic heterocycles. The number of ether oxygens (including phenoxy) is 1. The van der Waals surface area contributed by atoms with Crippen molar-refractivity contribution in [3.8, 4) is 5.75 Å². The summed E-state index contributed by atoms with van der Waals surface area (Å²) in [6, 6.07) is 11.7. The topological polar surface area (TPSA) is 63.0 Å². The minimum absolute atomic E-state index is 0.0982. The fourth-order valence-electron chi connectivity index (χ4n) is 5.44. The molecule has 5 heterocycles. The SMILES string of the molecule is COc1ccc([C@@H]2CN(C(=O)C(=O)c3ccco3)[C@@H]3C4CCN(CC4)[C@@H]32)cc1. The molecule has 6 heteroatoms. The molecule has 0 spiro atoms. The maximum atomic E-state index is 13.1. The lowest BCUT2D eigenvalue weighted by Crippen LogP contribution is -2.61. The Morgan fingerprint density at radius 3 is 2.46 bits per heavy atom. The Morgan fingerprint density at radius 1 is 1.07 bits per heavy atom. The average molecular weight is 380 g/mol. The van der Waals surface area contributed by atoms with Gasteiger partial charge in [0, 0.05) is 18.5 Å². The molecule has 0 unspecified atom stereocenters. The quantitative estimate of drug-likeness (QED) is 0.603. The van der Waals surface area contributed by atoms with Gasteiger partial charge in [-0.15, -0.1) is 0 Å². The number of Topliss-reactive ketones (excluding diaryl/α,β-unsaturated/α-hetero) is 1. The van der Waals surface area contributed by atoms with Crippen LogP contribution in [0.3, 0.4) is 0 Å². The van der Waals surface area contributed by atoms with Gasteiger partial charge in [-0.3, -0.25) is 14.5 Å². The van der Waals surface area contributed by atoms with Crippen LogP contribution < -0.4 is 4.74 Å². The smallest absolute Gasteiger partial charge is 0.298 e. The van der Waals surface area contributed by atoms with Gasteiger partial charge in [0.05, 0.1) is 19.4 Å². The predicted molar refractivity (Wildman–Crippen MR) is 102 cm³/mol. The summed E-state index contributed by atoms with van der Waals surface area (Å²) >= 11 is 0. The monoisotopic (exact) mass is 380 g/mol. The molecule has 2 bridgehead atoms. The van der Waals surface area contributed by atoms with Crippen molar-refractivity contribution in [1.82, 2.24) is 9.80 Å². The molecule has 0 aliphatic carbocycles. The number of methoxy groups -OCH3 is 1. The summed E-state index contributed by atoms with van der Waals surface area (Å²) in [5.41, 5.74) is 1.20. The highest BCUT2D eigenvalue weighted by atomic mass is 16.5. The standard InChI is InChI=1S/C22H24N2O4/c1-27-16-6-4-14(5-7-16)17-13-24(22(26)21(25)18-3-2-12-28-18)19-15-8-10-23(11-9-15)20(17)19/h2-7,12,15,17,19-20H,8-11,13H2,1H3/t17-,19+,20+/m0/s1. The van der Waals surface area contributed by atoms with Crippen molar-refractivity contribution >= 4 is 11.7 Å². The van der Waals surface area contributed by atoms with Gasteiger partial charge < -0.3 is 14.1 Å². The van der Waals surface area contributed by atoms with E-state index in [0.29, 0.717) is 12.5 Å². The van der Waals surface area contributed by atoms with Gasteiger partial charge in [-0.2, -0.15) is 0 Å². The largest absolute Gasteiger partial charge is 0.497 e. The Morgan fingerprint density at radius 2 is 1.82 bits per heavy atom. The second-order valence-corrected chi connectivity index (χ2v) is 8.00. The van der Waals surface area contributed by atoms with Crippen LogP contribution in [0, 0.1) is 5.92 Å². The molecule has 1 aromatic carbocycles. The van der Waals surface area contributed by atoms with Crippen LogP contribution in [0.2, 0.25) is 0 Å². The molecule has 0 radical (unpaired) electrons. The minimum Gasteiger partial charge on any atom is -0.497 e. The number of fused-ring (bicyclic) bond motifs is 2. The van der Waals surface area contributed by atoms with Gasteiger partial charge in [-0.05, 0) is 61.7 Å². The third-order valence-electron chi connectivity index (χ3n) is 6.74. The van der Waals surface area contributed by atoms with Crippen LogP contribution in [0.1, 0.15) is 34.9 Å². The second kappa shape index (κ2) is 6.78. The maximum Gasteiger partial charge on any atom is 0.298 e. The van der Waals surface area contributed by atoms with Crippen LogP contribution in [-0.4, -0.2) is 60.3 Å². The normalized spacial score (nSPS) is 30.9. The molecule has 6 nitrogen and oxygen atoms in total. The van der Waals surface area contributed by atoms with Gasteiger partial charge >= 0.3 is 0 Å². The number of rotatable bonds is 4. The fraction of sp³-hybridized carbons (Fsp3) is 0.455. The van der Waals surface area contributed by atoms with E-state index in [1.54, 1.807) is 19.2 Å². The molecule has 1 amide bonds. The second-order valence-electron chi connectivity index (χ2n) is 8.00. The molecule has 3 atom stereocenters. The van der Waals surface area contributed by atoms with Crippen molar-refractivity contribution in [2.45, 2.75) is 30.8 Å². The molecule has 0 N–H and O–H groups in total. The zero-order valence-corrected chi connectivity index (χ0v) is 15.9. The highest BCUT2D eigenvalue weighted by Crippen LogP contribution is 2.46. The molecule has 146 valence electrons. The Bertz CT molecular complexity index is 868. The number of piperidine rings is 3. The van der Waals surface area contributed by atoms with E-state index in [-0.39, 0.29) is 23.8 Å². The van der Waals surface area contributed by atoms with E-state index in [1.807, 2.05) is 17.0 Å². The highest BCUT2D eigenvalue weighted by Gasteiger charge is 2.55. The Balaban J connectivity index is 1.48. The Labute approximate surface area is 164 Å². The lowest BCUT2D eigenvalue weighted by Gasteiger charge is -2.51. The van der Waals surface area contributed by atoms with Gasteiger partial charge in [0.2, 0.25) is 0 Å². The van der Waals surface area contributed by atoms with Crippen LogP contribution in [0.4, 0.5) is 0 Å². The molecule has 4 fully saturated rings. The maximum absolute atomic E-state index is 13.1. The van der Waals surface area contributed by atoms with E-state index >= 15 is 0 Å². The number of carbonyl (C=O) groups is 2. The van der Waals surface area contributed by atoms with Crippen molar-refractivity contribution in [1.29, 1.82) is 0 Å². The predicted octanol–water partition coefficient (Wildman–Crippen LogP) is 2.56. The Kier molecular flexibility index (Phi) is 4.23. The fourth-order valence-corrected chi connectivity index (χ4v) is 5.44. The summed E-state index contributed by atoms with van der Waals surface area (Å²) in [5.74, 6) is 0.629. The molecule has 4 aliphatic rings. The van der Waals surface area contributed by atoms with E-state index in [0.717, 1.165) is 31.7 Å². The molecule has 6 rings (SSSR count). The molecule has 4 aliphatic heterocycles. The molecule has 28 heavy (non-hydrogen) atoms. The van der Waals surface area contributed by atoms with E-state index < -0.39 is 11.7 Å². The number of hydrogen-bond acceptors (Lipinski definition) is 5. The first-order chi connectivity index (χ1) is 13.7. The number of ketones is 1. The zero-order chi connectivity index (χ0) is 19.3. The lowest BCUT2D eigenvalue weighted by atomic mass is 9.75. The van der Waals surface area contributed by atoms with Gasteiger partial charge in [0.1, 0.15) is 5.75 Å². The number of hydrogen-bond donors (Lipinski definition) is 0. The summed E-state index contributed by atoms with van der Waals surface area (Å²) < 4.78 is 10.5. The van der Waals surface area contributed by atoms with Gasteiger partial charge in [0.15, 0.2) is 5.76 Å².